The fourth-order valence-electron chi connectivity index (χ4n) is 9.46. The van der Waals surface area contributed by atoms with Crippen molar-refractivity contribution in [3.63, 3.8) is 0 Å². The summed E-state index contributed by atoms with van der Waals surface area (Å²) in [5, 5.41) is 11.9. The highest BCUT2D eigenvalue weighted by Gasteiger charge is 2.70. The van der Waals surface area contributed by atoms with Crippen LogP contribution in [0, 0.1) is 35.4 Å². The maximum Gasteiger partial charge on any atom is 0.260 e. The van der Waals surface area contributed by atoms with Crippen molar-refractivity contribution < 1.29 is 33.4 Å². The van der Waals surface area contributed by atoms with Gasteiger partial charge in [-0.1, -0.05) is 65.7 Å². The first-order valence-corrected chi connectivity index (χ1v) is 18.0. The summed E-state index contributed by atoms with van der Waals surface area (Å²) in [5.74, 6) is -5.09. The Balaban J connectivity index is 1.21. The Morgan fingerprint density at radius 3 is 2.40 bits per heavy atom. The van der Waals surface area contributed by atoms with Crippen LogP contribution in [-0.2, 0) is 37.6 Å². The first-order chi connectivity index (χ1) is 25.6. The summed E-state index contributed by atoms with van der Waals surface area (Å²) in [6.45, 7) is 0.140. The lowest BCUT2D eigenvalue weighted by Crippen LogP contribution is -2.55. The van der Waals surface area contributed by atoms with Gasteiger partial charge in [0.05, 0.1) is 41.7 Å². The SMILES string of the molecule is O=C1[C@H]2[C@H](CC=C3[C@H](C4=COc5ccc(O)cc5C4)[C@]4(c5ccc(Cl)cc5)C(=O)N(Nc5ccc(F)cc5)C(=O)[C@@H]4C[C@H]32)C(=O)N1Cc1ccccc1. The van der Waals surface area contributed by atoms with E-state index in [4.69, 9.17) is 16.3 Å². The molecule has 3 heterocycles. The zero-order chi connectivity index (χ0) is 36.6. The Hall–Kier alpha value is -5.74. The lowest BCUT2D eigenvalue weighted by atomic mass is 9.48. The highest BCUT2D eigenvalue weighted by molar-refractivity contribution is 6.30. The second-order valence-electron chi connectivity index (χ2n) is 14.4. The molecule has 5 aliphatic rings. The van der Waals surface area contributed by atoms with Gasteiger partial charge >= 0.3 is 0 Å². The molecule has 2 aliphatic carbocycles. The van der Waals surface area contributed by atoms with Gasteiger partial charge in [-0.05, 0) is 90.1 Å². The number of hydrazine groups is 1. The number of ether oxygens (including phenoxy) is 1. The van der Waals surface area contributed by atoms with Gasteiger partial charge in [0.2, 0.25) is 11.8 Å². The molecule has 9 rings (SSSR count). The molecule has 1 saturated carbocycles. The van der Waals surface area contributed by atoms with E-state index in [0.29, 0.717) is 33.2 Å². The molecule has 0 aromatic heterocycles. The molecule has 4 aromatic rings. The van der Waals surface area contributed by atoms with Crippen LogP contribution in [-0.4, -0.2) is 38.6 Å². The molecular weight excluding hydrogens is 697 g/mol. The molecule has 266 valence electrons. The van der Waals surface area contributed by atoms with E-state index < -0.39 is 52.6 Å². The van der Waals surface area contributed by atoms with Gasteiger partial charge in [0.25, 0.3) is 11.8 Å². The third kappa shape index (κ3) is 5.10. The number of halogens is 2. The summed E-state index contributed by atoms with van der Waals surface area (Å²) in [5.41, 5.74) is 5.33. The number of phenols is 1. The van der Waals surface area contributed by atoms with E-state index in [0.717, 1.165) is 16.1 Å². The van der Waals surface area contributed by atoms with Crippen molar-refractivity contribution in [1.82, 2.24) is 9.91 Å². The molecule has 53 heavy (non-hydrogen) atoms. The standard InChI is InChI=1S/C42H33ClFN3O6/c43-27-8-6-26(7-9-27)42-34(39(50)47(41(42)52)45-29-12-10-28(44)11-13-29)20-33-31(37(42)25-18-24-19-30(48)14-17-35(24)53-22-25)15-16-32-36(33)40(51)46(38(32)49)21-23-4-2-1-3-5-23/h1-15,17,19,22,32-34,36-37,45,48H,16,18,20-21H2/t32-,33+,34-,36-,37-,42+/m0/s1. The summed E-state index contributed by atoms with van der Waals surface area (Å²) in [6, 6.07) is 26.4. The number of hydrogen-bond donors (Lipinski definition) is 2. The molecule has 2 N–H and O–H groups in total. The zero-order valence-corrected chi connectivity index (χ0v) is 29.0. The minimum Gasteiger partial charge on any atom is -0.508 e. The van der Waals surface area contributed by atoms with Crippen molar-refractivity contribution in [3.05, 3.63) is 148 Å². The number of allylic oxidation sites excluding steroid dienone is 3. The number of likely N-dealkylation sites (tertiary alicyclic amines) is 1. The number of phenolic OH excluding ortho intramolecular Hbond substituents is 1. The molecule has 0 bridgehead atoms. The van der Waals surface area contributed by atoms with Crippen LogP contribution in [0.25, 0.3) is 0 Å². The van der Waals surface area contributed by atoms with Crippen LogP contribution in [0.5, 0.6) is 11.5 Å². The van der Waals surface area contributed by atoms with Crippen LogP contribution in [0.4, 0.5) is 10.1 Å². The smallest absolute Gasteiger partial charge is 0.260 e. The van der Waals surface area contributed by atoms with Crippen molar-refractivity contribution in [2.75, 3.05) is 5.43 Å². The van der Waals surface area contributed by atoms with Crippen molar-refractivity contribution >= 4 is 40.9 Å². The minimum atomic E-state index is -1.53. The lowest BCUT2D eigenvalue weighted by molar-refractivity contribution is -0.142. The summed E-state index contributed by atoms with van der Waals surface area (Å²) < 4.78 is 20.1. The highest BCUT2D eigenvalue weighted by Crippen LogP contribution is 2.63. The maximum absolute atomic E-state index is 15.3. The first-order valence-electron chi connectivity index (χ1n) is 17.6. The number of fused-ring (bicyclic) bond motifs is 5. The number of imide groups is 2. The van der Waals surface area contributed by atoms with Crippen molar-refractivity contribution in [3.8, 4) is 11.5 Å². The fraction of sp³-hybridized carbons (Fsp3) is 0.238. The monoisotopic (exact) mass is 729 g/mol. The Morgan fingerprint density at radius 1 is 0.887 bits per heavy atom. The van der Waals surface area contributed by atoms with Gasteiger partial charge in [0, 0.05) is 22.9 Å². The molecule has 0 spiro atoms. The van der Waals surface area contributed by atoms with Crippen molar-refractivity contribution in [2.24, 2.45) is 29.6 Å². The van der Waals surface area contributed by atoms with E-state index in [1.165, 1.54) is 35.2 Å². The molecule has 0 unspecified atom stereocenters. The molecule has 11 heteroatoms. The van der Waals surface area contributed by atoms with Crippen molar-refractivity contribution in [2.45, 2.75) is 31.2 Å². The fourth-order valence-corrected chi connectivity index (χ4v) is 9.58. The third-order valence-electron chi connectivity index (χ3n) is 11.7. The van der Waals surface area contributed by atoms with E-state index in [1.807, 2.05) is 36.4 Å². The number of anilines is 1. The lowest BCUT2D eigenvalue weighted by Gasteiger charge is -2.51. The number of benzene rings is 4. The Bertz CT molecular complexity index is 2260. The highest BCUT2D eigenvalue weighted by atomic mass is 35.5. The average molecular weight is 730 g/mol. The average Bonchev–Trinajstić information content (AvgIpc) is 3.53. The van der Waals surface area contributed by atoms with Gasteiger partial charge in [-0.15, -0.1) is 0 Å². The number of carbonyl (C=O) groups excluding carboxylic acids is 4. The second-order valence-corrected chi connectivity index (χ2v) is 14.8. The Kier molecular flexibility index (Phi) is 7.78. The third-order valence-corrected chi connectivity index (χ3v) is 11.9. The summed E-state index contributed by atoms with van der Waals surface area (Å²) in [7, 11) is 0. The van der Waals surface area contributed by atoms with E-state index in [9.17, 15) is 23.9 Å². The molecule has 2 saturated heterocycles. The summed E-state index contributed by atoms with van der Waals surface area (Å²) >= 11 is 6.39. The maximum atomic E-state index is 15.3. The minimum absolute atomic E-state index is 0.0514. The molecule has 3 fully saturated rings. The van der Waals surface area contributed by atoms with Crippen LogP contribution in [0.2, 0.25) is 5.02 Å². The normalized spacial score (nSPS) is 27.3. The van der Waals surface area contributed by atoms with Gasteiger partial charge in [-0.25, -0.2) is 4.39 Å². The van der Waals surface area contributed by atoms with Crippen LogP contribution in [0.3, 0.4) is 0 Å². The summed E-state index contributed by atoms with van der Waals surface area (Å²) in [6.07, 6.45) is 4.31. The molecule has 4 aromatic carbocycles. The Morgan fingerprint density at radius 2 is 1.64 bits per heavy atom. The van der Waals surface area contributed by atoms with Gasteiger partial charge in [0.1, 0.15) is 17.3 Å². The van der Waals surface area contributed by atoms with E-state index in [2.05, 4.69) is 5.43 Å². The van der Waals surface area contributed by atoms with Gasteiger partial charge in [-0.2, -0.15) is 5.01 Å². The zero-order valence-electron chi connectivity index (χ0n) is 28.2. The van der Waals surface area contributed by atoms with Gasteiger partial charge < -0.3 is 9.84 Å². The molecule has 0 radical (unpaired) electrons. The number of nitrogens with zero attached hydrogens (tertiary/aromatic N) is 2. The molecule has 6 atom stereocenters. The van der Waals surface area contributed by atoms with E-state index in [-0.39, 0.29) is 43.4 Å². The van der Waals surface area contributed by atoms with Crippen molar-refractivity contribution in [1.29, 1.82) is 0 Å². The van der Waals surface area contributed by atoms with Crippen LogP contribution >= 0.6 is 11.6 Å². The molecule has 3 aliphatic heterocycles. The molecular formula is C42H33ClFN3O6. The predicted octanol–water partition coefficient (Wildman–Crippen LogP) is 6.72. The van der Waals surface area contributed by atoms with E-state index >= 15 is 4.79 Å². The summed E-state index contributed by atoms with van der Waals surface area (Å²) in [4.78, 5) is 59.9. The number of rotatable bonds is 6. The van der Waals surface area contributed by atoms with Crippen LogP contribution < -0.4 is 10.2 Å². The van der Waals surface area contributed by atoms with Gasteiger partial charge in [-0.3, -0.25) is 29.5 Å². The number of hydrogen-bond acceptors (Lipinski definition) is 7. The topological polar surface area (TPSA) is 116 Å². The molecule has 9 nitrogen and oxygen atoms in total. The number of nitrogens with one attached hydrogen (secondary N) is 1. The molecule has 4 amide bonds. The van der Waals surface area contributed by atoms with Crippen LogP contribution in [0.15, 0.2) is 121 Å². The number of aromatic hydroxyl groups is 1. The number of amides is 4. The number of carbonyl (C=O) groups is 4. The second kappa shape index (κ2) is 12.4. The first kappa shape index (κ1) is 33.1. The van der Waals surface area contributed by atoms with Crippen LogP contribution in [0.1, 0.15) is 29.5 Å². The quantitative estimate of drug-likeness (QED) is 0.167. The Labute approximate surface area is 309 Å². The predicted molar refractivity (Wildman–Crippen MR) is 192 cm³/mol. The van der Waals surface area contributed by atoms with E-state index in [1.54, 1.807) is 42.7 Å². The largest absolute Gasteiger partial charge is 0.508 e. The van der Waals surface area contributed by atoms with Gasteiger partial charge in [0.15, 0.2) is 0 Å².